The van der Waals surface area contributed by atoms with Gasteiger partial charge in [0.2, 0.25) is 5.96 Å². The minimum atomic E-state index is -0.437. The number of halogens is 2. The van der Waals surface area contributed by atoms with Crippen molar-refractivity contribution in [1.29, 1.82) is 5.41 Å². The molecule has 1 aromatic rings. The fraction of sp³-hybridized carbons (Fsp3) is 0.333. The molecule has 0 fully saturated rings. The molecule has 0 saturated carbocycles. The maximum absolute atomic E-state index is 11.5. The van der Waals surface area contributed by atoms with Crippen LogP contribution in [-0.2, 0) is 0 Å². The molecule has 4 N–H and O–H groups in total. The molecule has 1 rings (SSSR count). The van der Waals surface area contributed by atoms with Gasteiger partial charge in [0.05, 0.1) is 5.02 Å². The van der Waals surface area contributed by atoms with Crippen molar-refractivity contribution in [3.63, 3.8) is 0 Å². The van der Waals surface area contributed by atoms with Gasteiger partial charge in [-0.1, -0.05) is 11.6 Å². The van der Waals surface area contributed by atoms with Crippen LogP contribution in [0.15, 0.2) is 22.7 Å². The Kier molecular flexibility index (Phi) is 5.20. The highest BCUT2D eigenvalue weighted by Gasteiger charge is 2.14. The van der Waals surface area contributed by atoms with Gasteiger partial charge in [-0.3, -0.25) is 10.7 Å². The van der Waals surface area contributed by atoms with Crippen LogP contribution < -0.4 is 16.0 Å². The molecule has 0 spiro atoms. The summed E-state index contributed by atoms with van der Waals surface area (Å²) in [5.41, 5.74) is 0.264. The molecular weight excluding hydrogens is 332 g/mol. The van der Waals surface area contributed by atoms with Gasteiger partial charge in [0.25, 0.3) is 0 Å². The van der Waals surface area contributed by atoms with Gasteiger partial charge < -0.3 is 10.6 Å². The molecular formula is C12H16BrClN4O. The monoisotopic (exact) mass is 346 g/mol. The molecule has 0 unspecified atom stereocenters. The molecule has 0 saturated heterocycles. The topological polar surface area (TPSA) is 77.0 Å². The first-order valence-corrected chi connectivity index (χ1v) is 6.74. The SMILES string of the molecule is CC(C)(C)NC(=O)NC(=N)Nc1ccc(Br)c(Cl)c1. The Hall–Kier alpha value is -1.27. The number of urea groups is 1. The minimum absolute atomic E-state index is 0.125. The van der Waals surface area contributed by atoms with E-state index in [1.165, 1.54) is 0 Å². The van der Waals surface area contributed by atoms with Gasteiger partial charge in [0.1, 0.15) is 0 Å². The van der Waals surface area contributed by atoms with E-state index in [-0.39, 0.29) is 11.5 Å². The van der Waals surface area contributed by atoms with E-state index in [2.05, 4.69) is 31.9 Å². The van der Waals surface area contributed by atoms with Crippen molar-refractivity contribution in [2.75, 3.05) is 5.32 Å². The first-order valence-electron chi connectivity index (χ1n) is 5.57. The Bertz CT molecular complexity index is 499. The van der Waals surface area contributed by atoms with Crippen molar-refractivity contribution >= 4 is 45.2 Å². The van der Waals surface area contributed by atoms with E-state index in [1.807, 2.05) is 20.8 Å². The molecule has 0 heterocycles. The van der Waals surface area contributed by atoms with E-state index in [0.717, 1.165) is 4.47 Å². The van der Waals surface area contributed by atoms with Crippen molar-refractivity contribution < 1.29 is 4.79 Å². The maximum Gasteiger partial charge on any atom is 0.321 e. The summed E-state index contributed by atoms with van der Waals surface area (Å²) in [4.78, 5) is 11.5. The number of hydrogen-bond acceptors (Lipinski definition) is 2. The maximum atomic E-state index is 11.5. The van der Waals surface area contributed by atoms with Crippen LogP contribution in [0.5, 0.6) is 0 Å². The number of rotatable bonds is 1. The zero-order valence-corrected chi connectivity index (χ0v) is 13.2. The van der Waals surface area contributed by atoms with E-state index < -0.39 is 6.03 Å². The summed E-state index contributed by atoms with van der Waals surface area (Å²) in [5.74, 6) is -0.125. The summed E-state index contributed by atoms with van der Waals surface area (Å²) in [5, 5.41) is 16.0. The first kappa shape index (κ1) is 15.8. The summed E-state index contributed by atoms with van der Waals surface area (Å²) in [6, 6.07) is 4.72. The quantitative estimate of drug-likeness (QED) is 0.463. The third-order valence-corrected chi connectivity index (χ3v) is 3.15. The third kappa shape index (κ3) is 5.94. The van der Waals surface area contributed by atoms with E-state index in [0.29, 0.717) is 10.7 Å². The summed E-state index contributed by atoms with van der Waals surface area (Å²) in [6.45, 7) is 5.58. The normalized spacial score (nSPS) is 10.8. The molecule has 0 aliphatic rings. The predicted octanol–water partition coefficient (Wildman–Crippen LogP) is 3.55. The Labute approximate surface area is 125 Å². The highest BCUT2D eigenvalue weighted by atomic mass is 79.9. The lowest BCUT2D eigenvalue weighted by molar-refractivity contribution is 0.236. The standard InChI is InChI=1S/C12H16BrClN4O/c1-12(2,3)18-11(19)17-10(15)16-7-4-5-8(13)9(14)6-7/h4-6H,1-3H3,(H4,15,16,17,18,19). The van der Waals surface area contributed by atoms with Crippen LogP contribution in [0.25, 0.3) is 0 Å². The number of carbonyl (C=O) groups excluding carboxylic acids is 1. The summed E-state index contributed by atoms with van der Waals surface area (Å²) >= 11 is 9.21. The largest absolute Gasteiger partial charge is 0.333 e. The molecule has 0 aliphatic carbocycles. The number of anilines is 1. The van der Waals surface area contributed by atoms with Gasteiger partial charge in [0.15, 0.2) is 0 Å². The fourth-order valence-electron chi connectivity index (χ4n) is 1.23. The van der Waals surface area contributed by atoms with Gasteiger partial charge in [-0.2, -0.15) is 0 Å². The zero-order chi connectivity index (χ0) is 14.6. The van der Waals surface area contributed by atoms with Gasteiger partial charge in [-0.15, -0.1) is 0 Å². The molecule has 0 atom stereocenters. The first-order chi connectivity index (χ1) is 8.67. The molecule has 19 heavy (non-hydrogen) atoms. The molecule has 0 aliphatic heterocycles. The lowest BCUT2D eigenvalue weighted by Crippen LogP contribution is -2.49. The summed E-state index contributed by atoms with van der Waals surface area (Å²) < 4.78 is 0.768. The predicted molar refractivity (Wildman–Crippen MR) is 81.9 cm³/mol. The summed E-state index contributed by atoms with van der Waals surface area (Å²) in [7, 11) is 0. The smallest absolute Gasteiger partial charge is 0.321 e. The number of carbonyl (C=O) groups is 1. The second kappa shape index (κ2) is 6.25. The van der Waals surface area contributed by atoms with Gasteiger partial charge in [-0.05, 0) is 54.9 Å². The minimum Gasteiger partial charge on any atom is -0.333 e. The van der Waals surface area contributed by atoms with E-state index in [1.54, 1.807) is 18.2 Å². The van der Waals surface area contributed by atoms with Crippen LogP contribution in [0.4, 0.5) is 10.5 Å². The van der Waals surface area contributed by atoms with Crippen LogP contribution in [-0.4, -0.2) is 17.5 Å². The van der Waals surface area contributed by atoms with Crippen molar-refractivity contribution in [2.45, 2.75) is 26.3 Å². The van der Waals surface area contributed by atoms with Crippen molar-refractivity contribution in [1.82, 2.24) is 10.6 Å². The highest BCUT2D eigenvalue weighted by Crippen LogP contribution is 2.25. The van der Waals surface area contributed by atoms with Crippen LogP contribution >= 0.6 is 27.5 Å². The van der Waals surface area contributed by atoms with E-state index in [9.17, 15) is 4.79 Å². The lowest BCUT2D eigenvalue weighted by atomic mass is 10.1. The Morgan fingerprint density at radius 2 is 2.00 bits per heavy atom. The average molecular weight is 348 g/mol. The Morgan fingerprint density at radius 3 is 2.53 bits per heavy atom. The third-order valence-electron chi connectivity index (χ3n) is 1.92. The van der Waals surface area contributed by atoms with E-state index >= 15 is 0 Å². The van der Waals surface area contributed by atoms with E-state index in [4.69, 9.17) is 17.0 Å². The van der Waals surface area contributed by atoms with Gasteiger partial charge in [-0.25, -0.2) is 4.79 Å². The second-order valence-electron chi connectivity index (χ2n) is 4.96. The van der Waals surface area contributed by atoms with Crippen molar-refractivity contribution in [2.24, 2.45) is 0 Å². The van der Waals surface area contributed by atoms with Crippen LogP contribution in [0.1, 0.15) is 20.8 Å². The van der Waals surface area contributed by atoms with Crippen molar-refractivity contribution in [3.8, 4) is 0 Å². The molecule has 5 nitrogen and oxygen atoms in total. The number of amides is 2. The number of benzene rings is 1. The highest BCUT2D eigenvalue weighted by molar-refractivity contribution is 9.10. The van der Waals surface area contributed by atoms with Gasteiger partial charge in [0, 0.05) is 15.7 Å². The lowest BCUT2D eigenvalue weighted by Gasteiger charge is -2.21. The van der Waals surface area contributed by atoms with Gasteiger partial charge >= 0.3 is 6.03 Å². The molecule has 7 heteroatoms. The molecule has 0 aromatic heterocycles. The van der Waals surface area contributed by atoms with Crippen LogP contribution in [0.3, 0.4) is 0 Å². The summed E-state index contributed by atoms with van der Waals surface area (Å²) in [6.07, 6.45) is 0. The van der Waals surface area contributed by atoms with Crippen LogP contribution in [0.2, 0.25) is 5.02 Å². The molecule has 104 valence electrons. The Balaban J connectivity index is 2.56. The molecule has 0 radical (unpaired) electrons. The fourth-order valence-corrected chi connectivity index (χ4v) is 1.66. The van der Waals surface area contributed by atoms with Crippen LogP contribution in [0, 0.1) is 5.41 Å². The Morgan fingerprint density at radius 1 is 1.37 bits per heavy atom. The number of hydrogen-bond donors (Lipinski definition) is 4. The molecule has 2 amide bonds. The number of nitrogens with one attached hydrogen (secondary N) is 4. The molecule has 0 bridgehead atoms. The molecule has 1 aromatic carbocycles. The van der Waals surface area contributed by atoms with Crippen molar-refractivity contribution in [3.05, 3.63) is 27.7 Å². The number of guanidine groups is 1. The average Bonchev–Trinajstić information content (AvgIpc) is 2.20. The zero-order valence-electron chi connectivity index (χ0n) is 10.9. The second-order valence-corrected chi connectivity index (χ2v) is 6.22.